The lowest BCUT2D eigenvalue weighted by Gasteiger charge is -2.47. The van der Waals surface area contributed by atoms with Gasteiger partial charge in [0, 0.05) is 51.2 Å². The number of ether oxygens (including phenoxy) is 4. The van der Waals surface area contributed by atoms with E-state index in [2.05, 4.69) is 48.3 Å². The molecule has 4 rings (SSSR count). The zero-order chi connectivity index (χ0) is 34.1. The van der Waals surface area contributed by atoms with Crippen LogP contribution in [0.4, 0.5) is 5.69 Å². The number of hydrogen-bond donors (Lipinski definition) is 2. The second-order valence-corrected chi connectivity index (χ2v) is 14.0. The van der Waals surface area contributed by atoms with E-state index < -0.39 is 11.5 Å². The Bertz CT molecular complexity index is 1320. The SMILES string of the molecule is CNC(=O)C(C)(C)C[C@H]1C[C@H](c2ccc(OC)cc2)[C@@H](OCc2ccc3c(c2)N(CCCOC)CCO3)CN1C(=O)C(N)CC(C)C. The number of carbonyl (C=O) groups excluding carboxylic acids is 2. The molecule has 2 heterocycles. The fourth-order valence-electron chi connectivity index (χ4n) is 6.96. The van der Waals surface area contributed by atoms with Crippen LogP contribution in [-0.2, 0) is 25.7 Å². The lowest BCUT2D eigenvalue weighted by molar-refractivity contribution is -0.145. The van der Waals surface area contributed by atoms with Crippen LogP contribution in [0.25, 0.3) is 0 Å². The Hall–Kier alpha value is -3.34. The van der Waals surface area contributed by atoms with Crippen LogP contribution in [0.5, 0.6) is 11.5 Å². The van der Waals surface area contributed by atoms with E-state index in [1.54, 1.807) is 21.3 Å². The molecule has 2 aromatic rings. The van der Waals surface area contributed by atoms with Crippen molar-refractivity contribution in [3.05, 3.63) is 53.6 Å². The number of piperidine rings is 1. The molecule has 0 aromatic heterocycles. The Kier molecular flexibility index (Phi) is 12.9. The molecule has 2 amide bonds. The van der Waals surface area contributed by atoms with Crippen molar-refractivity contribution in [2.45, 2.75) is 84.1 Å². The summed E-state index contributed by atoms with van der Waals surface area (Å²) >= 11 is 0. The maximum Gasteiger partial charge on any atom is 0.239 e. The van der Waals surface area contributed by atoms with Crippen molar-refractivity contribution in [1.29, 1.82) is 0 Å². The molecule has 1 unspecified atom stereocenters. The summed E-state index contributed by atoms with van der Waals surface area (Å²) < 4.78 is 23.5. The second kappa shape index (κ2) is 16.7. The number of rotatable bonds is 15. The molecule has 2 aliphatic rings. The summed E-state index contributed by atoms with van der Waals surface area (Å²) in [4.78, 5) is 31.2. The zero-order valence-electron chi connectivity index (χ0n) is 29.4. The average Bonchev–Trinajstić information content (AvgIpc) is 3.06. The largest absolute Gasteiger partial charge is 0.497 e. The molecular weight excluding hydrogens is 596 g/mol. The third-order valence-corrected chi connectivity index (χ3v) is 9.47. The highest BCUT2D eigenvalue weighted by Crippen LogP contribution is 2.40. The van der Waals surface area contributed by atoms with Gasteiger partial charge in [0.2, 0.25) is 11.8 Å². The van der Waals surface area contributed by atoms with Gasteiger partial charge in [0.05, 0.1) is 38.1 Å². The van der Waals surface area contributed by atoms with Gasteiger partial charge in [0.1, 0.15) is 18.1 Å². The van der Waals surface area contributed by atoms with Gasteiger partial charge in [-0.3, -0.25) is 9.59 Å². The Morgan fingerprint density at radius 1 is 1.13 bits per heavy atom. The number of methoxy groups -OCH3 is 2. The van der Waals surface area contributed by atoms with Gasteiger partial charge in [-0.05, 0) is 67.0 Å². The van der Waals surface area contributed by atoms with E-state index in [0.29, 0.717) is 45.6 Å². The lowest BCUT2D eigenvalue weighted by Crippen LogP contribution is -2.58. The lowest BCUT2D eigenvalue weighted by atomic mass is 9.76. The van der Waals surface area contributed by atoms with Gasteiger partial charge in [-0.25, -0.2) is 0 Å². The molecule has 0 spiro atoms. The smallest absolute Gasteiger partial charge is 0.239 e. The van der Waals surface area contributed by atoms with Crippen molar-refractivity contribution in [2.75, 3.05) is 59.0 Å². The summed E-state index contributed by atoms with van der Waals surface area (Å²) in [5, 5.41) is 2.81. The predicted molar refractivity (Wildman–Crippen MR) is 185 cm³/mol. The summed E-state index contributed by atoms with van der Waals surface area (Å²) in [6, 6.07) is 13.5. The minimum Gasteiger partial charge on any atom is -0.497 e. The van der Waals surface area contributed by atoms with E-state index >= 15 is 0 Å². The third-order valence-electron chi connectivity index (χ3n) is 9.47. The third kappa shape index (κ3) is 9.39. The Morgan fingerprint density at radius 3 is 2.53 bits per heavy atom. The summed E-state index contributed by atoms with van der Waals surface area (Å²) in [6.07, 6.45) is 2.39. The Morgan fingerprint density at radius 2 is 1.87 bits per heavy atom. The van der Waals surface area contributed by atoms with Gasteiger partial charge in [0.25, 0.3) is 0 Å². The molecule has 260 valence electrons. The number of likely N-dealkylation sites (tertiary alicyclic amines) is 1. The van der Waals surface area contributed by atoms with E-state index in [4.69, 9.17) is 24.7 Å². The molecule has 2 aromatic carbocycles. The van der Waals surface area contributed by atoms with E-state index in [1.807, 2.05) is 36.9 Å². The van der Waals surface area contributed by atoms with E-state index in [1.165, 1.54) is 0 Å². The summed E-state index contributed by atoms with van der Waals surface area (Å²) in [6.45, 7) is 11.9. The first kappa shape index (κ1) is 36.5. The molecule has 4 atom stereocenters. The number of benzene rings is 2. The molecule has 10 heteroatoms. The Balaban J connectivity index is 1.64. The van der Waals surface area contributed by atoms with E-state index in [9.17, 15) is 9.59 Å². The van der Waals surface area contributed by atoms with Crippen LogP contribution in [-0.4, -0.2) is 89.0 Å². The highest BCUT2D eigenvalue weighted by molar-refractivity contribution is 5.83. The van der Waals surface area contributed by atoms with E-state index in [0.717, 1.165) is 47.8 Å². The molecule has 1 saturated heterocycles. The van der Waals surface area contributed by atoms with Crippen molar-refractivity contribution in [1.82, 2.24) is 10.2 Å². The number of nitrogens with one attached hydrogen (secondary N) is 1. The van der Waals surface area contributed by atoms with Crippen LogP contribution < -0.4 is 25.4 Å². The maximum absolute atomic E-state index is 14.0. The number of nitrogens with two attached hydrogens (primary N) is 1. The fourth-order valence-corrected chi connectivity index (χ4v) is 6.96. The molecular formula is C37H56N4O6. The van der Waals surface area contributed by atoms with Crippen molar-refractivity contribution in [3.8, 4) is 11.5 Å². The van der Waals surface area contributed by atoms with Crippen molar-refractivity contribution < 1.29 is 28.5 Å². The number of amides is 2. The number of carbonyl (C=O) groups is 2. The predicted octanol–water partition coefficient (Wildman–Crippen LogP) is 4.74. The average molecular weight is 653 g/mol. The number of anilines is 1. The van der Waals surface area contributed by atoms with Crippen molar-refractivity contribution in [2.24, 2.45) is 17.1 Å². The van der Waals surface area contributed by atoms with Crippen LogP contribution in [0.2, 0.25) is 0 Å². The summed E-state index contributed by atoms with van der Waals surface area (Å²) in [7, 11) is 5.04. The molecule has 47 heavy (non-hydrogen) atoms. The van der Waals surface area contributed by atoms with Gasteiger partial charge in [0.15, 0.2) is 0 Å². The number of fused-ring (bicyclic) bond motifs is 1. The quantitative estimate of drug-likeness (QED) is 0.266. The topological polar surface area (TPSA) is 116 Å². The van der Waals surface area contributed by atoms with Gasteiger partial charge in [-0.15, -0.1) is 0 Å². The standard InChI is InChI=1S/C37H56N4O6/c1-25(2)19-31(38)35(42)41-23-34(47-24-26-9-14-33-32(20-26)40(16-18-46-33)15-8-17-44-6)30(27-10-12-29(45-7)13-11-27)21-28(41)22-37(3,4)36(43)39-5/h9-14,20,25,28,30-31,34H,8,15-19,21-24,38H2,1-7H3,(H,39,43)/t28-,30-,31?,34+/m1/s1. The molecule has 0 saturated carbocycles. The number of hydrogen-bond acceptors (Lipinski definition) is 8. The van der Waals surface area contributed by atoms with Gasteiger partial charge in [-0.1, -0.05) is 45.9 Å². The fraction of sp³-hybridized carbons (Fsp3) is 0.622. The van der Waals surface area contributed by atoms with Gasteiger partial charge < -0.3 is 39.8 Å². The van der Waals surface area contributed by atoms with Crippen LogP contribution in [0.3, 0.4) is 0 Å². The highest BCUT2D eigenvalue weighted by atomic mass is 16.5. The van der Waals surface area contributed by atoms with Crippen LogP contribution in [0.1, 0.15) is 70.4 Å². The van der Waals surface area contributed by atoms with E-state index in [-0.39, 0.29) is 35.8 Å². The minimum absolute atomic E-state index is 0.0109. The summed E-state index contributed by atoms with van der Waals surface area (Å²) in [5.41, 5.74) is 9.06. The maximum atomic E-state index is 14.0. The molecule has 10 nitrogen and oxygen atoms in total. The molecule has 0 radical (unpaired) electrons. The summed E-state index contributed by atoms with van der Waals surface area (Å²) in [5.74, 6) is 1.79. The first-order valence-electron chi connectivity index (χ1n) is 17.0. The molecule has 1 fully saturated rings. The number of nitrogens with zero attached hydrogens (tertiary/aromatic N) is 2. The van der Waals surface area contributed by atoms with Gasteiger partial charge >= 0.3 is 0 Å². The zero-order valence-corrected chi connectivity index (χ0v) is 29.4. The van der Waals surface area contributed by atoms with Crippen molar-refractivity contribution >= 4 is 17.5 Å². The first-order valence-corrected chi connectivity index (χ1v) is 17.0. The monoisotopic (exact) mass is 652 g/mol. The first-order chi connectivity index (χ1) is 22.5. The second-order valence-electron chi connectivity index (χ2n) is 14.0. The minimum atomic E-state index is -0.682. The van der Waals surface area contributed by atoms with Crippen LogP contribution in [0.15, 0.2) is 42.5 Å². The van der Waals surface area contributed by atoms with Crippen LogP contribution in [0, 0.1) is 11.3 Å². The highest BCUT2D eigenvalue weighted by Gasteiger charge is 2.43. The van der Waals surface area contributed by atoms with Crippen LogP contribution >= 0.6 is 0 Å². The van der Waals surface area contributed by atoms with Gasteiger partial charge in [-0.2, -0.15) is 0 Å². The Labute approximate surface area is 281 Å². The molecule has 3 N–H and O–H groups in total. The normalized spacial score (nSPS) is 20.4. The van der Waals surface area contributed by atoms with Crippen molar-refractivity contribution in [3.63, 3.8) is 0 Å². The molecule has 2 aliphatic heterocycles. The molecule has 0 bridgehead atoms. The molecule has 0 aliphatic carbocycles.